The number of hydrogen-bond acceptors (Lipinski definition) is 7. The van der Waals surface area contributed by atoms with Gasteiger partial charge in [-0.1, -0.05) is 5.16 Å². The van der Waals surface area contributed by atoms with Crippen molar-refractivity contribution in [3.8, 4) is 0 Å². The molecule has 32 heavy (non-hydrogen) atoms. The minimum atomic E-state index is -0.0596. The molecular formula is C23H30N6O3. The van der Waals surface area contributed by atoms with Crippen molar-refractivity contribution in [2.24, 2.45) is 0 Å². The number of nitrogens with zero attached hydrogens (tertiary/aromatic N) is 6. The Morgan fingerprint density at radius 1 is 1.12 bits per heavy atom. The van der Waals surface area contributed by atoms with E-state index in [9.17, 15) is 4.79 Å². The van der Waals surface area contributed by atoms with E-state index in [0.717, 1.165) is 48.5 Å². The average Bonchev–Trinajstić information content (AvgIpc) is 3.45. The van der Waals surface area contributed by atoms with E-state index in [0.29, 0.717) is 49.7 Å². The molecule has 0 aromatic carbocycles. The van der Waals surface area contributed by atoms with Crippen LogP contribution in [-0.2, 0) is 4.74 Å². The Hall–Kier alpha value is -2.94. The molecule has 0 N–H and O–H groups in total. The molecule has 0 spiro atoms. The number of carbonyl (C=O) groups is 1. The second-order valence-electron chi connectivity index (χ2n) is 8.97. The predicted molar refractivity (Wildman–Crippen MR) is 120 cm³/mol. The SMILES string of the molecule is Cc1cc(C(=O)N2CCC(c3cc4c(ncn4C(C)C)c(N4CCOCC4)n3)CC2)no1. The van der Waals surface area contributed by atoms with Gasteiger partial charge in [-0.2, -0.15) is 0 Å². The Bertz CT molecular complexity index is 1110. The van der Waals surface area contributed by atoms with Crippen LogP contribution in [0.3, 0.4) is 0 Å². The number of piperidine rings is 1. The van der Waals surface area contributed by atoms with E-state index in [4.69, 9.17) is 19.2 Å². The van der Waals surface area contributed by atoms with Gasteiger partial charge in [-0.15, -0.1) is 0 Å². The van der Waals surface area contributed by atoms with E-state index in [-0.39, 0.29) is 5.91 Å². The number of likely N-dealkylation sites (tertiary alicyclic amines) is 1. The zero-order valence-corrected chi connectivity index (χ0v) is 19.0. The minimum absolute atomic E-state index is 0.0596. The molecule has 170 valence electrons. The maximum Gasteiger partial charge on any atom is 0.276 e. The van der Waals surface area contributed by atoms with Crippen LogP contribution in [0.15, 0.2) is 23.0 Å². The number of imidazole rings is 1. The standard InChI is InChI=1S/C23H30N6O3/c1-15(2)29-14-24-21-20(29)13-18(25-22(21)27-8-10-31-11-9-27)17-4-6-28(7-5-17)23(30)19-12-16(3)32-26-19/h12-15,17H,4-11H2,1-3H3. The number of hydrogen-bond donors (Lipinski definition) is 0. The number of fused-ring (bicyclic) bond motifs is 1. The van der Waals surface area contributed by atoms with Crippen LogP contribution in [0, 0.1) is 6.92 Å². The van der Waals surface area contributed by atoms with Gasteiger partial charge in [0.25, 0.3) is 5.91 Å². The van der Waals surface area contributed by atoms with Gasteiger partial charge in [-0.05, 0) is 39.7 Å². The summed E-state index contributed by atoms with van der Waals surface area (Å²) in [6.45, 7) is 10.6. The summed E-state index contributed by atoms with van der Waals surface area (Å²) in [4.78, 5) is 26.7. The quantitative estimate of drug-likeness (QED) is 0.618. The molecule has 5 heterocycles. The van der Waals surface area contributed by atoms with E-state index in [1.165, 1.54) is 0 Å². The van der Waals surface area contributed by atoms with Gasteiger partial charge in [-0.25, -0.2) is 9.97 Å². The van der Waals surface area contributed by atoms with Crippen molar-refractivity contribution in [1.29, 1.82) is 0 Å². The topological polar surface area (TPSA) is 89.5 Å². The number of amides is 1. The molecule has 2 saturated heterocycles. The normalized spacial score (nSPS) is 18.1. The second-order valence-corrected chi connectivity index (χ2v) is 8.97. The Kier molecular flexibility index (Phi) is 5.58. The zero-order valence-electron chi connectivity index (χ0n) is 19.0. The van der Waals surface area contributed by atoms with Gasteiger partial charge in [0.2, 0.25) is 0 Å². The molecule has 5 rings (SSSR count). The number of carbonyl (C=O) groups excluding carboxylic acids is 1. The molecule has 0 radical (unpaired) electrons. The molecule has 9 nitrogen and oxygen atoms in total. The third kappa shape index (κ3) is 3.85. The average molecular weight is 439 g/mol. The number of aromatic nitrogens is 4. The van der Waals surface area contributed by atoms with E-state index in [1.807, 2.05) is 11.2 Å². The number of morpholine rings is 1. The van der Waals surface area contributed by atoms with Gasteiger partial charge in [0, 0.05) is 49.9 Å². The lowest BCUT2D eigenvalue weighted by Crippen LogP contribution is -2.39. The monoisotopic (exact) mass is 438 g/mol. The van der Waals surface area contributed by atoms with Crippen molar-refractivity contribution in [2.45, 2.75) is 45.6 Å². The highest BCUT2D eigenvalue weighted by Crippen LogP contribution is 2.34. The number of rotatable bonds is 4. The molecular weight excluding hydrogens is 408 g/mol. The lowest BCUT2D eigenvalue weighted by molar-refractivity contribution is 0.0701. The number of pyridine rings is 1. The minimum Gasteiger partial charge on any atom is -0.378 e. The van der Waals surface area contributed by atoms with Crippen molar-refractivity contribution < 1.29 is 14.1 Å². The van der Waals surface area contributed by atoms with Crippen LogP contribution >= 0.6 is 0 Å². The number of ether oxygens (including phenoxy) is 1. The van der Waals surface area contributed by atoms with Gasteiger partial charge >= 0.3 is 0 Å². The first-order chi connectivity index (χ1) is 15.5. The second kappa shape index (κ2) is 8.54. The highest BCUT2D eigenvalue weighted by molar-refractivity contribution is 5.92. The van der Waals surface area contributed by atoms with Crippen LogP contribution in [0.25, 0.3) is 11.0 Å². The zero-order chi connectivity index (χ0) is 22.2. The molecule has 0 saturated carbocycles. The summed E-state index contributed by atoms with van der Waals surface area (Å²) in [5, 5.41) is 3.88. The van der Waals surface area contributed by atoms with Gasteiger partial charge in [0.15, 0.2) is 11.5 Å². The summed E-state index contributed by atoms with van der Waals surface area (Å²) >= 11 is 0. The molecule has 0 unspecified atom stereocenters. The first kappa shape index (κ1) is 20.9. The van der Waals surface area contributed by atoms with Crippen LogP contribution in [0.1, 0.15) is 60.6 Å². The summed E-state index contributed by atoms with van der Waals surface area (Å²) in [5.74, 6) is 1.85. The lowest BCUT2D eigenvalue weighted by Gasteiger charge is -2.32. The highest BCUT2D eigenvalue weighted by Gasteiger charge is 2.29. The third-order valence-electron chi connectivity index (χ3n) is 6.48. The van der Waals surface area contributed by atoms with E-state index in [1.54, 1.807) is 13.0 Å². The molecule has 0 aliphatic carbocycles. The Balaban J connectivity index is 1.41. The smallest absolute Gasteiger partial charge is 0.276 e. The van der Waals surface area contributed by atoms with E-state index >= 15 is 0 Å². The Labute approximate surface area is 187 Å². The van der Waals surface area contributed by atoms with Crippen LogP contribution < -0.4 is 4.90 Å². The lowest BCUT2D eigenvalue weighted by atomic mass is 9.92. The van der Waals surface area contributed by atoms with Crippen molar-refractivity contribution in [3.05, 3.63) is 35.6 Å². The Morgan fingerprint density at radius 2 is 1.88 bits per heavy atom. The molecule has 0 atom stereocenters. The molecule has 3 aromatic rings. The van der Waals surface area contributed by atoms with Crippen molar-refractivity contribution in [2.75, 3.05) is 44.3 Å². The first-order valence-electron chi connectivity index (χ1n) is 11.4. The number of aryl methyl sites for hydroxylation is 1. The number of anilines is 1. The van der Waals surface area contributed by atoms with Crippen LogP contribution in [-0.4, -0.2) is 69.9 Å². The first-order valence-corrected chi connectivity index (χ1v) is 11.4. The van der Waals surface area contributed by atoms with Crippen LogP contribution in [0.5, 0.6) is 0 Å². The van der Waals surface area contributed by atoms with E-state index < -0.39 is 0 Å². The fourth-order valence-corrected chi connectivity index (χ4v) is 4.66. The van der Waals surface area contributed by atoms with E-state index in [2.05, 4.69) is 34.5 Å². The molecule has 0 bridgehead atoms. The molecule has 2 aliphatic rings. The molecule has 2 fully saturated rings. The maximum absolute atomic E-state index is 12.7. The van der Waals surface area contributed by atoms with Crippen molar-refractivity contribution in [1.82, 2.24) is 24.6 Å². The largest absolute Gasteiger partial charge is 0.378 e. The maximum atomic E-state index is 12.7. The molecule has 1 amide bonds. The molecule has 9 heteroatoms. The van der Waals surface area contributed by atoms with Gasteiger partial charge in [-0.3, -0.25) is 4.79 Å². The third-order valence-corrected chi connectivity index (χ3v) is 6.48. The van der Waals surface area contributed by atoms with Crippen molar-refractivity contribution in [3.63, 3.8) is 0 Å². The molecule has 3 aromatic heterocycles. The van der Waals surface area contributed by atoms with Crippen molar-refractivity contribution >= 4 is 22.8 Å². The molecule has 2 aliphatic heterocycles. The summed E-state index contributed by atoms with van der Waals surface area (Å²) < 4.78 is 12.8. The van der Waals surface area contributed by atoms with Gasteiger partial charge in [0.1, 0.15) is 11.3 Å². The predicted octanol–water partition coefficient (Wildman–Crippen LogP) is 3.17. The van der Waals surface area contributed by atoms with Gasteiger partial charge < -0.3 is 23.6 Å². The van der Waals surface area contributed by atoms with Crippen LogP contribution in [0.2, 0.25) is 0 Å². The fourth-order valence-electron chi connectivity index (χ4n) is 4.66. The van der Waals surface area contributed by atoms with Gasteiger partial charge in [0.05, 0.1) is 25.1 Å². The summed E-state index contributed by atoms with van der Waals surface area (Å²) in [7, 11) is 0. The highest BCUT2D eigenvalue weighted by atomic mass is 16.5. The fraction of sp³-hybridized carbons (Fsp3) is 0.565. The summed E-state index contributed by atoms with van der Waals surface area (Å²) in [6.07, 6.45) is 3.67. The summed E-state index contributed by atoms with van der Waals surface area (Å²) in [5.41, 5.74) is 3.56. The Morgan fingerprint density at radius 3 is 2.53 bits per heavy atom. The van der Waals surface area contributed by atoms with Crippen LogP contribution in [0.4, 0.5) is 5.82 Å². The summed E-state index contributed by atoms with van der Waals surface area (Å²) in [6, 6.07) is 4.22.